The second kappa shape index (κ2) is 3.80. The van der Waals surface area contributed by atoms with Crippen LogP contribution >= 0.6 is 0 Å². The molecule has 15 heavy (non-hydrogen) atoms. The van der Waals surface area contributed by atoms with Gasteiger partial charge in [0, 0.05) is 19.0 Å². The fourth-order valence-electron chi connectivity index (χ4n) is 2.03. The molecule has 2 rings (SSSR count). The van der Waals surface area contributed by atoms with Crippen molar-refractivity contribution in [3.8, 4) is 0 Å². The molecule has 0 N–H and O–H groups in total. The average Bonchev–Trinajstić information content (AvgIpc) is 2.18. The first kappa shape index (κ1) is 10.4. The highest BCUT2D eigenvalue weighted by Gasteiger charge is 2.18. The van der Waals surface area contributed by atoms with Crippen LogP contribution in [0.5, 0.6) is 0 Å². The van der Waals surface area contributed by atoms with Crippen molar-refractivity contribution in [1.82, 2.24) is 9.55 Å². The Hall–Kier alpha value is -1.12. The zero-order valence-electron chi connectivity index (χ0n) is 9.66. The van der Waals surface area contributed by atoms with Crippen LogP contribution in [0, 0.1) is 5.92 Å². The molecule has 0 amide bonds. The summed E-state index contributed by atoms with van der Waals surface area (Å²) in [6, 6.07) is 1.69. The molecule has 1 aliphatic heterocycles. The zero-order chi connectivity index (χ0) is 11.0. The minimum absolute atomic E-state index is 0.121. The summed E-state index contributed by atoms with van der Waals surface area (Å²) in [6.45, 7) is 7.17. The molecule has 0 radical (unpaired) electrons. The molecule has 0 spiro atoms. The van der Waals surface area contributed by atoms with E-state index in [-0.39, 0.29) is 5.56 Å². The van der Waals surface area contributed by atoms with Crippen LogP contribution in [0.15, 0.2) is 10.9 Å². The van der Waals surface area contributed by atoms with Crippen LogP contribution in [0.25, 0.3) is 0 Å². The van der Waals surface area contributed by atoms with Crippen LogP contribution in [-0.2, 0) is 13.0 Å². The topological polar surface area (TPSA) is 34.9 Å². The van der Waals surface area contributed by atoms with E-state index in [1.165, 1.54) is 0 Å². The van der Waals surface area contributed by atoms with Crippen molar-refractivity contribution in [3.05, 3.63) is 27.9 Å². The summed E-state index contributed by atoms with van der Waals surface area (Å²) >= 11 is 0. The van der Waals surface area contributed by atoms with Crippen molar-refractivity contribution >= 4 is 0 Å². The Bertz CT molecular complexity index is 420. The normalized spacial score (nSPS) is 20.4. The Morgan fingerprint density at radius 3 is 2.93 bits per heavy atom. The summed E-state index contributed by atoms with van der Waals surface area (Å²) in [5, 5.41) is 0. The predicted molar refractivity (Wildman–Crippen MR) is 60.1 cm³/mol. The summed E-state index contributed by atoms with van der Waals surface area (Å²) in [5.41, 5.74) is 1.05. The van der Waals surface area contributed by atoms with E-state index in [4.69, 9.17) is 0 Å². The quantitative estimate of drug-likeness (QED) is 0.704. The molecule has 3 heteroatoms. The van der Waals surface area contributed by atoms with Crippen LogP contribution in [0.1, 0.15) is 44.6 Å². The number of rotatable bonds is 1. The van der Waals surface area contributed by atoms with Crippen molar-refractivity contribution in [2.75, 3.05) is 0 Å². The van der Waals surface area contributed by atoms with E-state index in [1.807, 2.05) is 4.57 Å². The molecule has 0 bridgehead atoms. The third-order valence-corrected chi connectivity index (χ3v) is 3.05. The van der Waals surface area contributed by atoms with Gasteiger partial charge in [-0.25, -0.2) is 4.98 Å². The summed E-state index contributed by atoms with van der Waals surface area (Å²) in [6.07, 6.45) is 2.09. The van der Waals surface area contributed by atoms with Crippen molar-refractivity contribution in [1.29, 1.82) is 0 Å². The molecule has 1 aliphatic rings. The smallest absolute Gasteiger partial charge is 0.253 e. The molecule has 0 saturated carbocycles. The molecule has 82 valence electrons. The Morgan fingerprint density at radius 2 is 2.27 bits per heavy atom. The highest BCUT2D eigenvalue weighted by molar-refractivity contribution is 5.09. The Balaban J connectivity index is 2.48. The summed E-state index contributed by atoms with van der Waals surface area (Å²) in [4.78, 5) is 16.4. The highest BCUT2D eigenvalue weighted by atomic mass is 16.1. The molecule has 1 aromatic rings. The van der Waals surface area contributed by atoms with Crippen LogP contribution in [0.4, 0.5) is 0 Å². The van der Waals surface area contributed by atoms with Gasteiger partial charge < -0.3 is 0 Å². The number of fused-ring (bicyclic) bond motifs is 1. The lowest BCUT2D eigenvalue weighted by Crippen LogP contribution is -2.32. The predicted octanol–water partition coefficient (Wildman–Crippen LogP) is 1.95. The van der Waals surface area contributed by atoms with Crippen LogP contribution in [0.2, 0.25) is 0 Å². The van der Waals surface area contributed by atoms with Crippen LogP contribution < -0.4 is 5.56 Å². The number of hydrogen-bond donors (Lipinski definition) is 0. The van der Waals surface area contributed by atoms with Gasteiger partial charge in [-0.1, -0.05) is 20.8 Å². The number of aryl methyl sites for hydroxylation is 1. The minimum atomic E-state index is 0.121. The van der Waals surface area contributed by atoms with E-state index in [0.29, 0.717) is 11.8 Å². The maximum absolute atomic E-state index is 11.9. The first-order chi connectivity index (χ1) is 7.08. The lowest BCUT2D eigenvalue weighted by atomic mass is 10.0. The first-order valence-corrected chi connectivity index (χ1v) is 5.68. The standard InChI is InChI=1S/C12H18N2O/c1-8(2)10-6-12(15)14-7-9(3)4-5-11(14)13-10/h6,8-9H,4-5,7H2,1-3H3. The fraction of sp³-hybridized carbons (Fsp3) is 0.667. The van der Waals surface area contributed by atoms with E-state index in [2.05, 4.69) is 25.8 Å². The Labute approximate surface area is 90.2 Å². The Morgan fingerprint density at radius 1 is 1.53 bits per heavy atom. The van der Waals surface area contributed by atoms with E-state index < -0.39 is 0 Å². The van der Waals surface area contributed by atoms with E-state index in [9.17, 15) is 4.79 Å². The second-order valence-corrected chi connectivity index (χ2v) is 4.84. The molecule has 2 heterocycles. The minimum Gasteiger partial charge on any atom is -0.296 e. The summed E-state index contributed by atoms with van der Waals surface area (Å²) in [5.74, 6) is 1.91. The molecule has 1 unspecified atom stereocenters. The lowest BCUT2D eigenvalue weighted by molar-refractivity contribution is 0.376. The Kier molecular flexibility index (Phi) is 2.63. The first-order valence-electron chi connectivity index (χ1n) is 5.68. The maximum Gasteiger partial charge on any atom is 0.253 e. The molecular weight excluding hydrogens is 188 g/mol. The molecule has 0 aliphatic carbocycles. The van der Waals surface area contributed by atoms with Gasteiger partial charge in [0.25, 0.3) is 5.56 Å². The van der Waals surface area contributed by atoms with Crippen molar-refractivity contribution in [2.24, 2.45) is 5.92 Å². The van der Waals surface area contributed by atoms with Gasteiger partial charge in [0.05, 0.1) is 5.69 Å². The third-order valence-electron chi connectivity index (χ3n) is 3.05. The second-order valence-electron chi connectivity index (χ2n) is 4.84. The summed E-state index contributed by atoms with van der Waals surface area (Å²) < 4.78 is 1.83. The fourth-order valence-corrected chi connectivity index (χ4v) is 2.03. The molecule has 0 fully saturated rings. The molecule has 3 nitrogen and oxygen atoms in total. The third kappa shape index (κ3) is 1.96. The molecule has 1 aromatic heterocycles. The van der Waals surface area contributed by atoms with Gasteiger partial charge in [-0.05, 0) is 18.3 Å². The van der Waals surface area contributed by atoms with Gasteiger partial charge in [-0.15, -0.1) is 0 Å². The van der Waals surface area contributed by atoms with Gasteiger partial charge >= 0.3 is 0 Å². The zero-order valence-corrected chi connectivity index (χ0v) is 9.66. The lowest BCUT2D eigenvalue weighted by Gasteiger charge is -2.23. The van der Waals surface area contributed by atoms with Gasteiger partial charge in [0.2, 0.25) is 0 Å². The number of nitrogens with zero attached hydrogens (tertiary/aromatic N) is 2. The van der Waals surface area contributed by atoms with Crippen LogP contribution in [0.3, 0.4) is 0 Å². The van der Waals surface area contributed by atoms with Gasteiger partial charge in [0.15, 0.2) is 0 Å². The molecule has 1 atom stereocenters. The van der Waals surface area contributed by atoms with Crippen molar-refractivity contribution in [3.63, 3.8) is 0 Å². The molecule has 0 aromatic carbocycles. The number of hydrogen-bond acceptors (Lipinski definition) is 2. The monoisotopic (exact) mass is 206 g/mol. The van der Waals surface area contributed by atoms with Crippen LogP contribution in [-0.4, -0.2) is 9.55 Å². The van der Waals surface area contributed by atoms with Gasteiger partial charge in [-0.2, -0.15) is 0 Å². The average molecular weight is 206 g/mol. The van der Waals surface area contributed by atoms with Gasteiger partial charge in [-0.3, -0.25) is 9.36 Å². The summed E-state index contributed by atoms with van der Waals surface area (Å²) in [7, 11) is 0. The van der Waals surface area contributed by atoms with E-state index in [1.54, 1.807) is 6.07 Å². The number of aromatic nitrogens is 2. The molecular formula is C12H18N2O. The maximum atomic E-state index is 11.9. The van der Waals surface area contributed by atoms with Gasteiger partial charge in [0.1, 0.15) is 5.82 Å². The van der Waals surface area contributed by atoms with E-state index >= 15 is 0 Å². The molecule has 0 saturated heterocycles. The van der Waals surface area contributed by atoms with E-state index in [0.717, 1.165) is 30.9 Å². The largest absolute Gasteiger partial charge is 0.296 e. The van der Waals surface area contributed by atoms with Crippen molar-refractivity contribution in [2.45, 2.75) is 46.1 Å². The highest BCUT2D eigenvalue weighted by Crippen LogP contribution is 2.18. The SMILES string of the molecule is CC1CCc2nc(C(C)C)cc(=O)n2C1. The van der Waals surface area contributed by atoms with Crippen molar-refractivity contribution < 1.29 is 0 Å².